The van der Waals surface area contributed by atoms with Gasteiger partial charge in [0.15, 0.2) is 6.61 Å². The standard InChI is InChI=1S/C25H18Cl2N2O3/c26-17-11-9-16(10-12-17)14-28-24(30)15-32-25(31)20-13-23(19-6-1-3-7-21(19)27)29-22-8-4-2-5-18(20)22/h1-13H,14-15H2,(H,28,30). The first-order valence-electron chi connectivity index (χ1n) is 9.84. The zero-order valence-corrected chi connectivity index (χ0v) is 18.4. The van der Waals surface area contributed by atoms with Crippen molar-refractivity contribution in [3.05, 3.63) is 100 Å². The molecule has 0 saturated carbocycles. The smallest absolute Gasteiger partial charge is 0.339 e. The Morgan fingerprint density at radius 3 is 2.41 bits per heavy atom. The predicted molar refractivity (Wildman–Crippen MR) is 126 cm³/mol. The van der Waals surface area contributed by atoms with Crippen LogP contribution in [0.25, 0.3) is 22.2 Å². The third kappa shape index (κ3) is 5.07. The van der Waals surface area contributed by atoms with E-state index in [0.717, 1.165) is 5.56 Å². The Morgan fingerprint density at radius 2 is 1.62 bits per heavy atom. The third-order valence-electron chi connectivity index (χ3n) is 4.82. The number of hydrogen-bond donors (Lipinski definition) is 1. The molecule has 4 rings (SSSR count). The topological polar surface area (TPSA) is 68.3 Å². The first-order valence-corrected chi connectivity index (χ1v) is 10.6. The minimum atomic E-state index is -0.612. The van der Waals surface area contributed by atoms with Gasteiger partial charge in [0.05, 0.1) is 16.8 Å². The maximum absolute atomic E-state index is 12.9. The van der Waals surface area contributed by atoms with E-state index in [9.17, 15) is 9.59 Å². The molecule has 0 spiro atoms. The Hall–Kier alpha value is -3.41. The fourth-order valence-corrected chi connectivity index (χ4v) is 3.57. The van der Waals surface area contributed by atoms with Crippen molar-refractivity contribution in [2.75, 3.05) is 6.61 Å². The van der Waals surface area contributed by atoms with E-state index in [1.807, 2.05) is 48.5 Å². The molecule has 0 bridgehead atoms. The van der Waals surface area contributed by atoms with E-state index >= 15 is 0 Å². The Balaban J connectivity index is 1.50. The van der Waals surface area contributed by atoms with E-state index in [0.29, 0.717) is 44.3 Å². The summed E-state index contributed by atoms with van der Waals surface area (Å²) >= 11 is 12.2. The summed E-state index contributed by atoms with van der Waals surface area (Å²) in [6.07, 6.45) is 0. The molecule has 3 aromatic carbocycles. The average molecular weight is 465 g/mol. The molecular weight excluding hydrogens is 447 g/mol. The molecule has 0 radical (unpaired) electrons. The normalized spacial score (nSPS) is 10.7. The number of rotatable bonds is 6. The van der Waals surface area contributed by atoms with Crippen LogP contribution < -0.4 is 5.32 Å². The summed E-state index contributed by atoms with van der Waals surface area (Å²) in [6.45, 7) is -0.0904. The minimum absolute atomic E-state index is 0.308. The van der Waals surface area contributed by atoms with Gasteiger partial charge in [-0.3, -0.25) is 4.79 Å². The van der Waals surface area contributed by atoms with Crippen LogP contribution in [0.15, 0.2) is 78.9 Å². The second-order valence-corrected chi connectivity index (χ2v) is 7.88. The van der Waals surface area contributed by atoms with Crippen LogP contribution in [-0.4, -0.2) is 23.5 Å². The molecule has 32 heavy (non-hydrogen) atoms. The monoisotopic (exact) mass is 464 g/mol. The summed E-state index contributed by atoms with van der Waals surface area (Å²) in [5.41, 5.74) is 3.08. The summed E-state index contributed by atoms with van der Waals surface area (Å²) < 4.78 is 5.29. The lowest BCUT2D eigenvalue weighted by Crippen LogP contribution is -2.28. The van der Waals surface area contributed by atoms with E-state index < -0.39 is 18.5 Å². The highest BCUT2D eigenvalue weighted by atomic mass is 35.5. The summed E-state index contributed by atoms with van der Waals surface area (Å²) in [7, 11) is 0. The number of amides is 1. The van der Waals surface area contributed by atoms with Gasteiger partial charge in [0.1, 0.15) is 0 Å². The number of ether oxygens (including phenoxy) is 1. The number of nitrogens with zero attached hydrogens (tertiary/aromatic N) is 1. The van der Waals surface area contributed by atoms with Gasteiger partial charge in [0.2, 0.25) is 0 Å². The maximum atomic E-state index is 12.9. The second kappa shape index (κ2) is 9.81. The molecule has 1 N–H and O–H groups in total. The summed E-state index contributed by atoms with van der Waals surface area (Å²) in [4.78, 5) is 29.7. The van der Waals surface area contributed by atoms with E-state index in [1.54, 1.807) is 30.3 Å². The van der Waals surface area contributed by atoms with Crippen LogP contribution in [0.1, 0.15) is 15.9 Å². The average Bonchev–Trinajstić information content (AvgIpc) is 2.81. The number of carbonyl (C=O) groups excluding carboxylic acids is 2. The molecule has 1 aromatic heterocycles. The van der Waals surface area contributed by atoms with Crippen molar-refractivity contribution in [2.45, 2.75) is 6.54 Å². The van der Waals surface area contributed by atoms with E-state index in [2.05, 4.69) is 10.3 Å². The van der Waals surface area contributed by atoms with Crippen molar-refractivity contribution >= 4 is 46.0 Å². The number of pyridine rings is 1. The lowest BCUT2D eigenvalue weighted by Gasteiger charge is -2.11. The second-order valence-electron chi connectivity index (χ2n) is 7.03. The number of nitrogens with one attached hydrogen (secondary N) is 1. The molecule has 0 aliphatic heterocycles. The van der Waals surface area contributed by atoms with Crippen molar-refractivity contribution in [3.63, 3.8) is 0 Å². The van der Waals surface area contributed by atoms with Crippen LogP contribution in [0.4, 0.5) is 0 Å². The summed E-state index contributed by atoms with van der Waals surface area (Å²) in [5.74, 6) is -1.02. The lowest BCUT2D eigenvalue weighted by atomic mass is 10.0. The molecule has 160 valence electrons. The van der Waals surface area contributed by atoms with Gasteiger partial charge in [0, 0.05) is 27.5 Å². The molecule has 0 fully saturated rings. The van der Waals surface area contributed by atoms with Gasteiger partial charge in [-0.25, -0.2) is 9.78 Å². The van der Waals surface area contributed by atoms with Crippen molar-refractivity contribution in [1.82, 2.24) is 10.3 Å². The van der Waals surface area contributed by atoms with Crippen LogP contribution in [0, 0.1) is 0 Å². The highest BCUT2D eigenvalue weighted by Gasteiger charge is 2.17. The van der Waals surface area contributed by atoms with E-state index in [-0.39, 0.29) is 0 Å². The number of carbonyl (C=O) groups is 2. The predicted octanol–water partition coefficient (Wildman–Crippen LogP) is 5.68. The van der Waals surface area contributed by atoms with Crippen LogP contribution in [0.3, 0.4) is 0 Å². The van der Waals surface area contributed by atoms with Gasteiger partial charge in [-0.2, -0.15) is 0 Å². The molecule has 7 heteroatoms. The quantitative estimate of drug-likeness (QED) is 0.372. The number of hydrogen-bond acceptors (Lipinski definition) is 4. The van der Waals surface area contributed by atoms with Gasteiger partial charge in [-0.15, -0.1) is 0 Å². The third-order valence-corrected chi connectivity index (χ3v) is 5.40. The first-order chi connectivity index (χ1) is 15.5. The zero-order valence-electron chi connectivity index (χ0n) is 16.8. The number of aromatic nitrogens is 1. The van der Waals surface area contributed by atoms with Gasteiger partial charge in [-0.1, -0.05) is 71.7 Å². The summed E-state index contributed by atoms with van der Waals surface area (Å²) in [5, 5.41) is 4.50. The highest BCUT2D eigenvalue weighted by Crippen LogP contribution is 2.30. The van der Waals surface area contributed by atoms with Crippen molar-refractivity contribution < 1.29 is 14.3 Å². The molecule has 0 unspecified atom stereocenters. The molecule has 4 aromatic rings. The number of esters is 1. The first kappa shape index (κ1) is 21.8. The number of benzene rings is 3. The molecule has 0 aliphatic rings. The van der Waals surface area contributed by atoms with Crippen molar-refractivity contribution in [1.29, 1.82) is 0 Å². The van der Waals surface area contributed by atoms with Crippen LogP contribution in [0.2, 0.25) is 10.0 Å². The maximum Gasteiger partial charge on any atom is 0.339 e. The van der Waals surface area contributed by atoms with E-state index in [1.165, 1.54) is 0 Å². The Bertz CT molecular complexity index is 1290. The molecule has 0 saturated heterocycles. The number of para-hydroxylation sites is 1. The Kier molecular flexibility index (Phi) is 6.69. The van der Waals surface area contributed by atoms with Crippen LogP contribution >= 0.6 is 23.2 Å². The van der Waals surface area contributed by atoms with Crippen LogP contribution in [-0.2, 0) is 16.1 Å². The highest BCUT2D eigenvalue weighted by molar-refractivity contribution is 6.33. The SMILES string of the molecule is O=C(COC(=O)c1cc(-c2ccccc2Cl)nc2ccccc12)NCc1ccc(Cl)cc1. The van der Waals surface area contributed by atoms with Crippen molar-refractivity contribution in [3.8, 4) is 11.3 Å². The fraction of sp³-hybridized carbons (Fsp3) is 0.0800. The van der Waals surface area contributed by atoms with E-state index in [4.69, 9.17) is 27.9 Å². The van der Waals surface area contributed by atoms with Gasteiger partial charge >= 0.3 is 5.97 Å². The van der Waals surface area contributed by atoms with Gasteiger partial charge < -0.3 is 10.1 Å². The number of halogens is 2. The minimum Gasteiger partial charge on any atom is -0.452 e. The van der Waals surface area contributed by atoms with Crippen LogP contribution in [0.5, 0.6) is 0 Å². The largest absolute Gasteiger partial charge is 0.452 e. The molecule has 1 amide bonds. The van der Waals surface area contributed by atoms with Gasteiger partial charge in [-0.05, 0) is 35.9 Å². The zero-order chi connectivity index (χ0) is 22.5. The van der Waals surface area contributed by atoms with Crippen molar-refractivity contribution in [2.24, 2.45) is 0 Å². The summed E-state index contributed by atoms with van der Waals surface area (Å²) in [6, 6.07) is 23.3. The molecule has 5 nitrogen and oxygen atoms in total. The molecular formula is C25H18Cl2N2O3. The molecule has 0 atom stereocenters. The Labute approximate surface area is 194 Å². The Morgan fingerprint density at radius 1 is 0.906 bits per heavy atom. The molecule has 0 aliphatic carbocycles. The lowest BCUT2D eigenvalue weighted by molar-refractivity contribution is -0.124. The fourth-order valence-electron chi connectivity index (χ4n) is 3.21. The number of fused-ring (bicyclic) bond motifs is 1. The molecule has 1 heterocycles. The van der Waals surface area contributed by atoms with Gasteiger partial charge in [0.25, 0.3) is 5.91 Å².